The Labute approximate surface area is 199 Å². The molecule has 0 bridgehead atoms. The van der Waals surface area contributed by atoms with Gasteiger partial charge in [0, 0.05) is 18.1 Å². The van der Waals surface area contributed by atoms with E-state index in [1.165, 1.54) is 12.1 Å². The van der Waals surface area contributed by atoms with Crippen LogP contribution in [0, 0.1) is 0 Å². The topological polar surface area (TPSA) is 105 Å². The van der Waals surface area contributed by atoms with Gasteiger partial charge < -0.3 is 15.1 Å². The quantitative estimate of drug-likeness (QED) is 0.564. The van der Waals surface area contributed by atoms with E-state index in [0.29, 0.717) is 10.6 Å². The Morgan fingerprint density at radius 1 is 1.17 bits per heavy atom. The molecule has 2 N–H and O–H groups in total. The molecule has 8 nitrogen and oxygen atoms in total. The number of aliphatic hydroxyl groups is 1. The molecule has 12 heteroatoms. The molecule has 1 unspecified atom stereocenters. The van der Waals surface area contributed by atoms with Gasteiger partial charge in [0.2, 0.25) is 0 Å². The van der Waals surface area contributed by atoms with Gasteiger partial charge >= 0.3 is 17.8 Å². The Hall–Kier alpha value is -3.51. The van der Waals surface area contributed by atoms with Crippen LogP contribution in [-0.2, 0) is 12.6 Å². The average Bonchev–Trinajstić information content (AvgIpc) is 3.33. The largest absolute Gasteiger partial charge is 0.477 e. The van der Waals surface area contributed by atoms with Gasteiger partial charge in [-0.3, -0.25) is 13.9 Å². The second-order valence-corrected chi connectivity index (χ2v) is 9.41. The molecule has 2 aliphatic rings. The highest BCUT2D eigenvalue weighted by molar-refractivity contribution is 8.00. The number of halogens is 3. The zero-order valence-electron chi connectivity index (χ0n) is 18.1. The van der Waals surface area contributed by atoms with Crippen LogP contribution in [0.5, 0.6) is 0 Å². The zero-order chi connectivity index (χ0) is 25.2. The van der Waals surface area contributed by atoms with E-state index >= 15 is 0 Å². The van der Waals surface area contributed by atoms with Gasteiger partial charge in [-0.05, 0) is 48.2 Å². The van der Waals surface area contributed by atoms with Gasteiger partial charge in [-0.15, -0.1) is 0 Å². The number of nitrogens with zero attached hydrogens (tertiary/aromatic N) is 3. The molecule has 0 saturated heterocycles. The summed E-state index contributed by atoms with van der Waals surface area (Å²) in [5, 5.41) is 19.7. The number of carbonyl (C=O) groups is 1. The number of anilines is 1. The maximum atomic E-state index is 13.5. The maximum Gasteiger partial charge on any atom is 0.416 e. The molecule has 0 amide bonds. The van der Waals surface area contributed by atoms with E-state index in [0.717, 1.165) is 33.2 Å². The number of alkyl halides is 3. The third-order valence-electron chi connectivity index (χ3n) is 6.37. The van der Waals surface area contributed by atoms with Gasteiger partial charge in [-0.1, -0.05) is 23.9 Å². The summed E-state index contributed by atoms with van der Waals surface area (Å²) >= 11 is 1.13. The van der Waals surface area contributed by atoms with E-state index in [2.05, 4.69) is 0 Å². The molecule has 2 heterocycles. The molecule has 0 fully saturated rings. The van der Waals surface area contributed by atoms with Crippen molar-refractivity contribution in [3.63, 3.8) is 0 Å². The van der Waals surface area contributed by atoms with Crippen LogP contribution in [0.3, 0.4) is 0 Å². The van der Waals surface area contributed by atoms with E-state index in [1.54, 1.807) is 30.1 Å². The van der Waals surface area contributed by atoms with Crippen molar-refractivity contribution in [3.8, 4) is 5.69 Å². The summed E-state index contributed by atoms with van der Waals surface area (Å²) < 4.78 is 42.3. The van der Waals surface area contributed by atoms with E-state index in [9.17, 15) is 37.8 Å². The first-order valence-corrected chi connectivity index (χ1v) is 11.4. The van der Waals surface area contributed by atoms with Crippen LogP contribution in [0.2, 0.25) is 0 Å². The normalized spacial score (nSPS) is 19.1. The van der Waals surface area contributed by atoms with Gasteiger partial charge in [-0.2, -0.15) is 13.2 Å². The minimum absolute atomic E-state index is 0.00506. The zero-order valence-corrected chi connectivity index (χ0v) is 18.9. The van der Waals surface area contributed by atoms with Gasteiger partial charge in [-0.25, -0.2) is 9.59 Å². The lowest BCUT2D eigenvalue weighted by Crippen LogP contribution is -2.43. The summed E-state index contributed by atoms with van der Waals surface area (Å²) in [4.78, 5) is 40.7. The highest BCUT2D eigenvalue weighted by atomic mass is 32.2. The fourth-order valence-electron chi connectivity index (χ4n) is 4.70. The van der Waals surface area contributed by atoms with Gasteiger partial charge in [0.15, 0.2) is 5.56 Å². The molecule has 1 aliphatic heterocycles. The van der Waals surface area contributed by atoms with Crippen molar-refractivity contribution in [2.45, 2.75) is 35.5 Å². The summed E-state index contributed by atoms with van der Waals surface area (Å²) in [6.45, 7) is 0. The average molecular weight is 505 g/mol. The number of aromatic carboxylic acids is 1. The molecule has 0 radical (unpaired) electrons. The number of carboxylic acid groups (broad SMARTS) is 1. The Kier molecular flexibility index (Phi) is 5.33. The fraction of sp³-hybridized carbons (Fsp3) is 0.261. The minimum Gasteiger partial charge on any atom is -0.477 e. The molecule has 0 spiro atoms. The molecule has 35 heavy (non-hydrogen) atoms. The van der Waals surface area contributed by atoms with Crippen molar-refractivity contribution in [3.05, 3.63) is 85.7 Å². The number of fused-ring (bicyclic) bond motifs is 2. The van der Waals surface area contributed by atoms with E-state index in [-0.39, 0.29) is 29.7 Å². The number of hydrogen-bond acceptors (Lipinski definition) is 6. The van der Waals surface area contributed by atoms with Crippen molar-refractivity contribution in [1.82, 2.24) is 9.13 Å². The SMILES string of the molecule is CN1c2ccc(-n3cc(C(=O)O)c(=O)n([C@@H]4CCc5c4cccc5C(F)(F)F)c3=O)cc2SC1O. The van der Waals surface area contributed by atoms with E-state index in [4.69, 9.17) is 0 Å². The monoisotopic (exact) mass is 505 g/mol. The van der Waals surface area contributed by atoms with Crippen molar-refractivity contribution in [1.29, 1.82) is 0 Å². The summed E-state index contributed by atoms with van der Waals surface area (Å²) in [6, 6.07) is 7.31. The highest BCUT2D eigenvalue weighted by Crippen LogP contribution is 2.43. The lowest BCUT2D eigenvalue weighted by atomic mass is 10.0. The third kappa shape index (κ3) is 3.64. The summed E-state index contributed by atoms with van der Waals surface area (Å²) in [6.07, 6.45) is -3.66. The van der Waals surface area contributed by atoms with Gasteiger partial charge in [0.1, 0.15) is 5.56 Å². The molecule has 3 aromatic rings. The van der Waals surface area contributed by atoms with Crippen LogP contribution in [0.4, 0.5) is 18.9 Å². The second-order valence-electron chi connectivity index (χ2n) is 8.31. The third-order valence-corrected chi connectivity index (χ3v) is 7.48. The van der Waals surface area contributed by atoms with Gasteiger partial charge in [0.05, 0.1) is 23.0 Å². The first-order chi connectivity index (χ1) is 16.5. The van der Waals surface area contributed by atoms with Crippen molar-refractivity contribution >= 4 is 23.4 Å². The lowest BCUT2D eigenvalue weighted by molar-refractivity contribution is -0.138. The summed E-state index contributed by atoms with van der Waals surface area (Å²) in [7, 11) is 1.69. The smallest absolute Gasteiger partial charge is 0.416 e. The molecule has 2 atom stereocenters. The molecule has 1 aliphatic carbocycles. The number of aromatic nitrogens is 2. The molecular weight excluding hydrogens is 487 g/mol. The van der Waals surface area contributed by atoms with Crippen LogP contribution in [-0.4, -0.2) is 37.9 Å². The van der Waals surface area contributed by atoms with Crippen molar-refractivity contribution < 1.29 is 28.2 Å². The summed E-state index contributed by atoms with van der Waals surface area (Å²) in [5.41, 5.74) is -3.19. The highest BCUT2D eigenvalue weighted by Gasteiger charge is 2.38. The first-order valence-electron chi connectivity index (χ1n) is 10.5. The summed E-state index contributed by atoms with van der Waals surface area (Å²) in [5.74, 6) is -1.56. The number of hydrogen-bond donors (Lipinski definition) is 2. The fourth-order valence-corrected chi connectivity index (χ4v) is 5.72. The number of rotatable bonds is 3. The van der Waals surface area contributed by atoms with E-state index < -0.39 is 46.1 Å². The number of benzene rings is 2. The molecular formula is C23H18F3N3O5S. The molecule has 5 rings (SSSR count). The Morgan fingerprint density at radius 3 is 2.60 bits per heavy atom. The first kappa shape index (κ1) is 23.2. The predicted molar refractivity (Wildman–Crippen MR) is 121 cm³/mol. The Bertz CT molecular complexity index is 1500. The van der Waals surface area contributed by atoms with Crippen LogP contribution in [0.25, 0.3) is 5.69 Å². The van der Waals surface area contributed by atoms with Crippen molar-refractivity contribution in [2.24, 2.45) is 0 Å². The number of aliphatic hydroxyl groups excluding tert-OH is 1. The van der Waals surface area contributed by atoms with E-state index in [1.807, 2.05) is 0 Å². The van der Waals surface area contributed by atoms with Gasteiger partial charge in [0.25, 0.3) is 5.56 Å². The molecule has 2 aromatic carbocycles. The molecule has 0 saturated carbocycles. The molecule has 1 aromatic heterocycles. The van der Waals surface area contributed by atoms with Crippen LogP contribution >= 0.6 is 11.8 Å². The Balaban J connectivity index is 1.71. The lowest BCUT2D eigenvalue weighted by Gasteiger charge is -2.19. The second kappa shape index (κ2) is 8.02. The molecule has 182 valence electrons. The van der Waals surface area contributed by atoms with Crippen LogP contribution in [0.1, 0.15) is 39.5 Å². The number of carboxylic acids is 1. The van der Waals surface area contributed by atoms with Crippen LogP contribution < -0.4 is 16.1 Å². The predicted octanol–water partition coefficient (Wildman–Crippen LogP) is 3.07. The standard InChI is InChI=1S/C23H18F3N3O5S/c1-27-17-7-5-11(9-18(17)35-22(27)34)28-10-14(20(31)32)19(30)29(21(28)33)16-8-6-12-13(16)3-2-4-15(12)23(24,25)26/h2-5,7,9-10,16,22,34H,6,8H2,1H3,(H,31,32)/t16-,22?/m1/s1. The van der Waals surface area contributed by atoms with Crippen LogP contribution in [0.15, 0.2) is 57.1 Å². The Morgan fingerprint density at radius 2 is 1.91 bits per heavy atom. The number of thioether (sulfide) groups is 1. The van der Waals surface area contributed by atoms with Crippen molar-refractivity contribution in [2.75, 3.05) is 11.9 Å². The minimum atomic E-state index is -4.60. The maximum absolute atomic E-state index is 13.5.